The van der Waals surface area contributed by atoms with Crippen molar-refractivity contribution in [1.82, 2.24) is 0 Å². The molecule has 0 bridgehead atoms. The molecule has 0 radical (unpaired) electrons. The van der Waals surface area contributed by atoms with E-state index in [9.17, 15) is 14.4 Å². The zero-order chi connectivity index (χ0) is 56.4. The molecule has 0 rings (SSSR count). The molecule has 0 aliphatic carbocycles. The highest BCUT2D eigenvalue weighted by Crippen LogP contribution is 2.14. The van der Waals surface area contributed by atoms with Crippen LogP contribution in [0, 0.1) is 0 Å². The minimum Gasteiger partial charge on any atom is -0.462 e. The van der Waals surface area contributed by atoms with Gasteiger partial charge in [0.05, 0.1) is 0 Å². The quantitative estimate of drug-likeness (QED) is 0.0261. The molecule has 0 aromatic heterocycles. The summed E-state index contributed by atoms with van der Waals surface area (Å²) in [5.41, 5.74) is 0. The molecule has 6 nitrogen and oxygen atoms in total. The molecule has 0 heterocycles. The Bertz CT molecular complexity index is 1710. The van der Waals surface area contributed by atoms with Crippen LogP contribution in [0.25, 0.3) is 0 Å². The second-order valence-corrected chi connectivity index (χ2v) is 20.6. The smallest absolute Gasteiger partial charge is 0.306 e. The van der Waals surface area contributed by atoms with Gasteiger partial charge in [-0.2, -0.15) is 0 Å². The molecule has 0 spiro atoms. The second kappa shape index (κ2) is 64.8. The van der Waals surface area contributed by atoms with E-state index in [0.29, 0.717) is 19.3 Å². The van der Waals surface area contributed by atoms with Gasteiger partial charge in [0, 0.05) is 19.3 Å². The Balaban J connectivity index is 4.28. The summed E-state index contributed by atoms with van der Waals surface area (Å²) in [6.07, 6.45) is 92.8. The molecule has 0 aromatic rings. The molecule has 0 aromatic carbocycles. The molecular weight excluding hydrogens is 961 g/mol. The topological polar surface area (TPSA) is 78.9 Å². The summed E-state index contributed by atoms with van der Waals surface area (Å²) < 4.78 is 16.9. The second-order valence-electron chi connectivity index (χ2n) is 20.6. The van der Waals surface area contributed by atoms with Crippen molar-refractivity contribution in [3.63, 3.8) is 0 Å². The summed E-state index contributed by atoms with van der Waals surface area (Å²) in [5.74, 6) is -0.935. The summed E-state index contributed by atoms with van der Waals surface area (Å²) in [5, 5.41) is 0. The zero-order valence-electron chi connectivity index (χ0n) is 50.4. The van der Waals surface area contributed by atoms with E-state index in [2.05, 4.69) is 167 Å². The summed E-state index contributed by atoms with van der Waals surface area (Å²) in [6, 6.07) is 0. The fraction of sp³-hybridized carbons (Fsp3) is 0.625. The van der Waals surface area contributed by atoms with Gasteiger partial charge in [-0.1, -0.05) is 263 Å². The van der Waals surface area contributed by atoms with Crippen molar-refractivity contribution in [1.29, 1.82) is 0 Å². The number of carbonyl (C=O) groups excluding carboxylic acids is 3. The van der Waals surface area contributed by atoms with Crippen molar-refractivity contribution in [3.05, 3.63) is 146 Å². The van der Waals surface area contributed by atoms with Gasteiger partial charge in [-0.25, -0.2) is 0 Å². The Kier molecular flexibility index (Phi) is 60.9. The van der Waals surface area contributed by atoms with Gasteiger partial charge < -0.3 is 14.2 Å². The van der Waals surface area contributed by atoms with Crippen LogP contribution in [0.5, 0.6) is 0 Å². The first-order valence-corrected chi connectivity index (χ1v) is 31.8. The first-order valence-electron chi connectivity index (χ1n) is 31.8. The fourth-order valence-corrected chi connectivity index (χ4v) is 8.28. The fourth-order valence-electron chi connectivity index (χ4n) is 8.28. The molecule has 0 fully saturated rings. The third-order valence-corrected chi connectivity index (χ3v) is 13.0. The van der Waals surface area contributed by atoms with Crippen LogP contribution in [-0.4, -0.2) is 37.2 Å². The number of ether oxygens (including phenoxy) is 3. The average molecular weight is 1080 g/mol. The van der Waals surface area contributed by atoms with Crippen LogP contribution in [0.1, 0.15) is 271 Å². The maximum atomic E-state index is 12.9. The zero-order valence-corrected chi connectivity index (χ0v) is 50.4. The van der Waals surface area contributed by atoms with Crippen LogP contribution < -0.4 is 0 Å². The van der Waals surface area contributed by atoms with Crippen molar-refractivity contribution in [2.75, 3.05) is 13.2 Å². The summed E-state index contributed by atoms with van der Waals surface area (Å²) in [7, 11) is 0. The molecule has 0 saturated carbocycles. The van der Waals surface area contributed by atoms with Crippen LogP contribution >= 0.6 is 0 Å². The molecule has 1 atom stereocenters. The minimum atomic E-state index is -0.800. The van der Waals surface area contributed by atoms with Gasteiger partial charge in [0.2, 0.25) is 0 Å². The third kappa shape index (κ3) is 62.1. The Morgan fingerprint density at radius 2 is 0.526 bits per heavy atom. The largest absolute Gasteiger partial charge is 0.462 e. The summed E-state index contributed by atoms with van der Waals surface area (Å²) >= 11 is 0. The number of allylic oxidation sites excluding steroid dienone is 24. The highest BCUT2D eigenvalue weighted by atomic mass is 16.6. The lowest BCUT2D eigenvalue weighted by molar-refractivity contribution is -0.167. The summed E-state index contributed by atoms with van der Waals surface area (Å²) in [4.78, 5) is 38.2. The molecule has 0 saturated heterocycles. The van der Waals surface area contributed by atoms with Crippen LogP contribution in [0.15, 0.2) is 146 Å². The van der Waals surface area contributed by atoms with Gasteiger partial charge in [0.15, 0.2) is 6.10 Å². The van der Waals surface area contributed by atoms with Gasteiger partial charge in [-0.15, -0.1) is 0 Å². The Morgan fingerprint density at radius 1 is 0.269 bits per heavy atom. The van der Waals surface area contributed by atoms with Crippen LogP contribution in [0.3, 0.4) is 0 Å². The maximum Gasteiger partial charge on any atom is 0.306 e. The molecule has 0 N–H and O–H groups in total. The number of unbranched alkanes of at least 4 members (excludes halogenated alkanes) is 21. The number of rotatable bonds is 56. The van der Waals surface area contributed by atoms with Gasteiger partial charge in [-0.05, 0) is 135 Å². The van der Waals surface area contributed by atoms with E-state index in [1.807, 2.05) is 0 Å². The van der Waals surface area contributed by atoms with E-state index in [-0.39, 0.29) is 31.1 Å². The van der Waals surface area contributed by atoms with Gasteiger partial charge in [0.25, 0.3) is 0 Å². The lowest BCUT2D eigenvalue weighted by Crippen LogP contribution is -2.30. The van der Waals surface area contributed by atoms with Gasteiger partial charge >= 0.3 is 17.9 Å². The molecule has 78 heavy (non-hydrogen) atoms. The minimum absolute atomic E-state index is 0.0969. The van der Waals surface area contributed by atoms with Crippen LogP contribution in [-0.2, 0) is 28.6 Å². The molecule has 6 heteroatoms. The van der Waals surface area contributed by atoms with E-state index in [1.54, 1.807) is 0 Å². The van der Waals surface area contributed by atoms with Crippen molar-refractivity contribution in [2.45, 2.75) is 277 Å². The molecule has 0 aliphatic heterocycles. The maximum absolute atomic E-state index is 12.9. The molecule has 440 valence electrons. The van der Waals surface area contributed by atoms with E-state index < -0.39 is 6.10 Å². The van der Waals surface area contributed by atoms with Crippen molar-refractivity contribution in [3.8, 4) is 0 Å². The SMILES string of the molecule is CC/C=C\C/C=C\C/C=C\C/C=C\C/C=C\C/C=C\C/C=C\C/C=C\CCCCCCCCCCC(=O)OCC(COC(=O)CCCCCCC/C=C\C/C=C\CCC)OC(=O)CCCCCCC/C=C\C/C=C\CCCC. The van der Waals surface area contributed by atoms with Crippen LogP contribution in [0.4, 0.5) is 0 Å². The lowest BCUT2D eigenvalue weighted by Gasteiger charge is -2.18. The third-order valence-electron chi connectivity index (χ3n) is 13.0. The van der Waals surface area contributed by atoms with E-state index in [1.165, 1.54) is 57.8 Å². The summed E-state index contributed by atoms with van der Waals surface area (Å²) in [6.45, 7) is 6.39. The molecule has 0 amide bonds. The Hall–Kier alpha value is -4.71. The van der Waals surface area contributed by atoms with Crippen molar-refractivity contribution < 1.29 is 28.6 Å². The lowest BCUT2D eigenvalue weighted by atomic mass is 10.1. The van der Waals surface area contributed by atoms with Crippen LogP contribution in [0.2, 0.25) is 0 Å². The first kappa shape index (κ1) is 73.3. The number of esters is 3. The Labute approximate surface area is 480 Å². The first-order chi connectivity index (χ1) is 38.5. The van der Waals surface area contributed by atoms with Gasteiger partial charge in [0.1, 0.15) is 13.2 Å². The number of carbonyl (C=O) groups is 3. The molecular formula is C72H116O6. The van der Waals surface area contributed by atoms with E-state index >= 15 is 0 Å². The number of hydrogen-bond donors (Lipinski definition) is 0. The molecule has 1 unspecified atom stereocenters. The number of hydrogen-bond acceptors (Lipinski definition) is 6. The predicted molar refractivity (Wildman–Crippen MR) is 339 cm³/mol. The normalized spacial score (nSPS) is 13.1. The van der Waals surface area contributed by atoms with Crippen molar-refractivity contribution in [2.24, 2.45) is 0 Å². The Morgan fingerprint density at radius 3 is 0.833 bits per heavy atom. The molecule has 0 aliphatic rings. The highest BCUT2D eigenvalue weighted by Gasteiger charge is 2.19. The monoisotopic (exact) mass is 1080 g/mol. The van der Waals surface area contributed by atoms with Crippen molar-refractivity contribution >= 4 is 17.9 Å². The highest BCUT2D eigenvalue weighted by molar-refractivity contribution is 5.71. The average Bonchev–Trinajstić information content (AvgIpc) is 3.44. The predicted octanol–water partition coefficient (Wildman–Crippen LogP) is 21.9. The van der Waals surface area contributed by atoms with Gasteiger partial charge in [-0.3, -0.25) is 14.4 Å². The van der Waals surface area contributed by atoms with E-state index in [0.717, 1.165) is 173 Å². The standard InChI is InChI=1S/C72H116O6/c1-4-7-10-13-16-19-22-25-27-28-29-30-31-32-33-34-35-36-37-38-39-40-41-42-43-44-45-48-50-53-56-59-62-65-71(74)77-68-69(67-76-70(73)64-61-58-55-52-49-46-24-21-18-15-12-9-6-3)78-72(75)66-63-60-57-54-51-47-26-23-20-17-14-11-8-5-2/h7,10,12,14-17,19,21,23-27,29-30,32-33,35-36,38-39,41-42,69H,4-6,8-9,11,13,18,20,22,28,31,34,37,40,43-68H2,1-3H3/b10-7-,15-12-,17-14-,19-16-,24-21-,26-23-,27-25-,30-29-,33-32-,36-35-,39-38-,42-41-. The van der Waals surface area contributed by atoms with E-state index in [4.69, 9.17) is 14.2 Å².